The molecule has 1 amide bonds. The molecule has 4 aromatic rings. The van der Waals surface area contributed by atoms with Gasteiger partial charge in [0.2, 0.25) is 5.91 Å². The first kappa shape index (κ1) is 22.8. The average Bonchev–Trinajstić information content (AvgIpc) is 2.83. The van der Waals surface area contributed by atoms with Gasteiger partial charge in [0.15, 0.2) is 5.16 Å². The number of para-hydroxylation sites is 2. The number of rotatable bonds is 7. The number of hydrogen-bond acceptors (Lipinski definition) is 4. The first-order valence-electron chi connectivity index (χ1n) is 11.1. The third kappa shape index (κ3) is 5.01. The van der Waals surface area contributed by atoms with E-state index in [2.05, 4.69) is 26.1 Å². The molecule has 1 heterocycles. The van der Waals surface area contributed by atoms with Crippen molar-refractivity contribution < 1.29 is 4.79 Å². The molecule has 3 aromatic carbocycles. The van der Waals surface area contributed by atoms with Crippen molar-refractivity contribution in [2.24, 2.45) is 0 Å². The van der Waals surface area contributed by atoms with Gasteiger partial charge in [0, 0.05) is 5.69 Å². The van der Waals surface area contributed by atoms with Gasteiger partial charge < -0.3 is 5.32 Å². The number of anilines is 1. The van der Waals surface area contributed by atoms with Crippen LogP contribution in [-0.2, 0) is 11.2 Å². The van der Waals surface area contributed by atoms with Crippen LogP contribution in [-0.4, -0.2) is 21.2 Å². The smallest absolute Gasteiger partial charge is 0.266 e. The number of amides is 1. The van der Waals surface area contributed by atoms with Gasteiger partial charge in [0.25, 0.3) is 5.56 Å². The zero-order valence-corrected chi connectivity index (χ0v) is 19.9. The highest BCUT2D eigenvalue weighted by molar-refractivity contribution is 7.99. The summed E-state index contributed by atoms with van der Waals surface area (Å²) in [5.41, 5.74) is 4.32. The topological polar surface area (TPSA) is 64.0 Å². The number of carbonyl (C=O) groups is 1. The Balaban J connectivity index is 1.65. The third-order valence-corrected chi connectivity index (χ3v) is 6.48. The standard InChI is InChI=1S/C27H27N3O2S/c1-4-19-13-15-20(16-14-19)30-26(32)22-10-6-8-12-24(22)29-27(30)33-17-25(31)28-23-11-7-5-9-21(23)18(2)3/h5-16,18H,4,17H2,1-3H3,(H,28,31). The molecule has 0 spiro atoms. The Kier molecular flexibility index (Phi) is 6.94. The molecule has 0 atom stereocenters. The van der Waals surface area contributed by atoms with E-state index in [1.54, 1.807) is 10.6 Å². The van der Waals surface area contributed by atoms with Gasteiger partial charge in [-0.3, -0.25) is 14.2 Å². The molecule has 5 nitrogen and oxygen atoms in total. The van der Waals surface area contributed by atoms with Crippen LogP contribution >= 0.6 is 11.8 Å². The van der Waals surface area contributed by atoms with E-state index in [9.17, 15) is 9.59 Å². The number of hydrogen-bond donors (Lipinski definition) is 1. The summed E-state index contributed by atoms with van der Waals surface area (Å²) in [6, 6.07) is 23.0. The van der Waals surface area contributed by atoms with Crippen LogP contribution in [0.2, 0.25) is 0 Å². The van der Waals surface area contributed by atoms with E-state index in [0.29, 0.717) is 22.0 Å². The van der Waals surface area contributed by atoms with Crippen LogP contribution in [0.4, 0.5) is 5.69 Å². The van der Waals surface area contributed by atoms with Gasteiger partial charge in [-0.1, -0.05) is 75.0 Å². The number of benzene rings is 3. The van der Waals surface area contributed by atoms with Crippen molar-refractivity contribution in [3.8, 4) is 5.69 Å². The Hall–Kier alpha value is -3.38. The van der Waals surface area contributed by atoms with Crippen LogP contribution in [0, 0.1) is 0 Å². The van der Waals surface area contributed by atoms with E-state index in [1.165, 1.54) is 17.3 Å². The van der Waals surface area contributed by atoms with E-state index in [1.807, 2.05) is 66.7 Å². The number of aryl methyl sites for hydroxylation is 1. The second-order valence-corrected chi connectivity index (χ2v) is 9.09. The fourth-order valence-corrected chi connectivity index (χ4v) is 4.56. The Morgan fingerprint density at radius 2 is 1.70 bits per heavy atom. The molecule has 0 unspecified atom stereocenters. The van der Waals surface area contributed by atoms with Gasteiger partial charge in [0.1, 0.15) is 0 Å². The summed E-state index contributed by atoms with van der Waals surface area (Å²) in [5.74, 6) is 0.306. The van der Waals surface area contributed by atoms with Gasteiger partial charge in [-0.05, 0) is 53.8 Å². The quantitative estimate of drug-likeness (QED) is 0.281. The fraction of sp³-hybridized carbons (Fsp3) is 0.222. The highest BCUT2D eigenvalue weighted by Gasteiger charge is 2.16. The Morgan fingerprint density at radius 1 is 1.00 bits per heavy atom. The molecule has 0 saturated heterocycles. The molecule has 1 N–H and O–H groups in total. The van der Waals surface area contributed by atoms with E-state index < -0.39 is 0 Å². The third-order valence-electron chi connectivity index (χ3n) is 5.54. The maximum Gasteiger partial charge on any atom is 0.266 e. The second-order valence-electron chi connectivity index (χ2n) is 8.15. The second kappa shape index (κ2) is 10.0. The summed E-state index contributed by atoms with van der Waals surface area (Å²) in [5, 5.41) is 4.06. The molecule has 0 saturated carbocycles. The minimum absolute atomic E-state index is 0.136. The SMILES string of the molecule is CCc1ccc(-n2c(SCC(=O)Nc3ccccc3C(C)C)nc3ccccc3c2=O)cc1. The fourth-order valence-electron chi connectivity index (χ4n) is 3.75. The minimum atomic E-state index is -0.141. The van der Waals surface area contributed by atoms with Crippen molar-refractivity contribution in [2.45, 2.75) is 38.3 Å². The maximum absolute atomic E-state index is 13.4. The molecule has 1 aromatic heterocycles. The molecule has 0 radical (unpaired) electrons. The number of nitrogens with one attached hydrogen (secondary N) is 1. The summed E-state index contributed by atoms with van der Waals surface area (Å²) in [6.45, 7) is 6.29. The summed E-state index contributed by atoms with van der Waals surface area (Å²) in [7, 11) is 0. The van der Waals surface area contributed by atoms with Crippen LogP contribution in [0.5, 0.6) is 0 Å². The molecule has 168 valence electrons. The molecule has 0 aliphatic carbocycles. The van der Waals surface area contributed by atoms with Crippen molar-refractivity contribution in [2.75, 3.05) is 11.1 Å². The number of carbonyl (C=O) groups excluding carboxylic acids is 1. The predicted octanol–water partition coefficient (Wildman–Crippen LogP) is 5.80. The summed E-state index contributed by atoms with van der Waals surface area (Å²) in [6.07, 6.45) is 0.921. The van der Waals surface area contributed by atoms with Gasteiger partial charge in [-0.15, -0.1) is 0 Å². The van der Waals surface area contributed by atoms with Crippen molar-refractivity contribution in [3.63, 3.8) is 0 Å². The first-order chi connectivity index (χ1) is 16.0. The summed E-state index contributed by atoms with van der Waals surface area (Å²) >= 11 is 1.26. The molecule has 0 fully saturated rings. The van der Waals surface area contributed by atoms with Gasteiger partial charge in [-0.25, -0.2) is 4.98 Å². The minimum Gasteiger partial charge on any atom is -0.325 e. The van der Waals surface area contributed by atoms with Crippen molar-refractivity contribution >= 4 is 34.3 Å². The maximum atomic E-state index is 13.4. The largest absolute Gasteiger partial charge is 0.325 e. The van der Waals surface area contributed by atoms with Gasteiger partial charge in [0.05, 0.1) is 22.3 Å². The normalized spacial score (nSPS) is 11.2. The van der Waals surface area contributed by atoms with E-state index >= 15 is 0 Å². The lowest BCUT2D eigenvalue weighted by Crippen LogP contribution is -2.23. The van der Waals surface area contributed by atoms with Crippen LogP contribution in [0.15, 0.2) is 82.7 Å². The lowest BCUT2D eigenvalue weighted by atomic mass is 10.0. The van der Waals surface area contributed by atoms with E-state index in [0.717, 1.165) is 23.4 Å². The molecule has 0 aliphatic rings. The molecule has 6 heteroatoms. The highest BCUT2D eigenvalue weighted by atomic mass is 32.2. The molecule has 33 heavy (non-hydrogen) atoms. The van der Waals surface area contributed by atoms with Crippen molar-refractivity contribution in [1.82, 2.24) is 9.55 Å². The number of aromatic nitrogens is 2. The zero-order chi connectivity index (χ0) is 23.4. The zero-order valence-electron chi connectivity index (χ0n) is 19.0. The first-order valence-corrected chi connectivity index (χ1v) is 12.1. The Labute approximate surface area is 197 Å². The average molecular weight is 458 g/mol. The van der Waals surface area contributed by atoms with Crippen LogP contribution < -0.4 is 10.9 Å². The lowest BCUT2D eigenvalue weighted by Gasteiger charge is -2.15. The Bertz CT molecular complexity index is 1340. The van der Waals surface area contributed by atoms with Gasteiger partial charge >= 0.3 is 0 Å². The number of fused-ring (bicyclic) bond motifs is 1. The monoisotopic (exact) mass is 457 g/mol. The molecule has 0 aliphatic heterocycles. The highest BCUT2D eigenvalue weighted by Crippen LogP contribution is 2.25. The van der Waals surface area contributed by atoms with E-state index in [4.69, 9.17) is 4.98 Å². The predicted molar refractivity (Wildman–Crippen MR) is 137 cm³/mol. The molecule has 4 rings (SSSR count). The molecular formula is C27H27N3O2S. The summed E-state index contributed by atoms with van der Waals surface area (Å²) < 4.78 is 1.60. The lowest BCUT2D eigenvalue weighted by molar-refractivity contribution is -0.113. The van der Waals surface area contributed by atoms with Gasteiger partial charge in [-0.2, -0.15) is 0 Å². The van der Waals surface area contributed by atoms with E-state index in [-0.39, 0.29) is 17.2 Å². The molecule has 0 bridgehead atoms. The number of nitrogens with zero attached hydrogens (tertiary/aromatic N) is 2. The van der Waals surface area contributed by atoms with Crippen molar-refractivity contribution in [3.05, 3.63) is 94.3 Å². The molecular weight excluding hydrogens is 430 g/mol. The van der Waals surface area contributed by atoms with Crippen LogP contribution in [0.25, 0.3) is 16.6 Å². The van der Waals surface area contributed by atoms with Crippen LogP contribution in [0.1, 0.15) is 37.8 Å². The van der Waals surface area contributed by atoms with Crippen molar-refractivity contribution in [1.29, 1.82) is 0 Å². The Morgan fingerprint density at radius 3 is 2.42 bits per heavy atom. The summed E-state index contributed by atoms with van der Waals surface area (Å²) in [4.78, 5) is 30.9. The number of thioether (sulfide) groups is 1. The van der Waals surface area contributed by atoms with Crippen LogP contribution in [0.3, 0.4) is 0 Å².